The molecule has 0 aliphatic rings. The Balaban J connectivity index is -0.000000520. The Morgan fingerprint density at radius 3 is 0.915 bits per heavy atom. The summed E-state index contributed by atoms with van der Waals surface area (Å²) in [6.45, 7) is 5.35. The van der Waals surface area contributed by atoms with Crippen LogP contribution in [0.4, 0.5) is 0 Å². The molecular formula is C36H48N2O8S. The minimum atomic E-state index is -2.67. The van der Waals surface area contributed by atoms with E-state index in [2.05, 4.69) is 10.6 Å². The molecule has 10 nitrogen and oxygen atoms in total. The first kappa shape index (κ1) is 46.3. The van der Waals surface area contributed by atoms with Crippen molar-refractivity contribution < 1.29 is 37.8 Å². The van der Waals surface area contributed by atoms with Crippen molar-refractivity contribution in [1.29, 1.82) is 0 Å². The van der Waals surface area contributed by atoms with E-state index in [1.54, 1.807) is 24.3 Å². The van der Waals surface area contributed by atoms with Gasteiger partial charge in [0, 0.05) is 25.1 Å². The molecule has 0 heterocycles. The molecule has 0 fully saturated rings. The maximum atomic E-state index is 11.2. The minimum absolute atomic E-state index is 0.0156. The highest BCUT2D eigenvalue weighted by Crippen LogP contribution is 2.09. The van der Waals surface area contributed by atoms with Crippen molar-refractivity contribution >= 4 is 33.5 Å². The summed E-state index contributed by atoms with van der Waals surface area (Å²) in [7, 11) is 2.54. The van der Waals surface area contributed by atoms with E-state index in [1.165, 1.54) is 38.2 Å². The third-order valence-corrected chi connectivity index (χ3v) is 4.50. The molecule has 0 aliphatic carbocycles. The average Bonchev–Trinajstić information content (AvgIpc) is 3.07. The van der Waals surface area contributed by atoms with Crippen LogP contribution in [0.25, 0.3) is 0 Å². The molecule has 1 amide bonds. The van der Waals surface area contributed by atoms with Gasteiger partial charge in [-0.15, -0.1) is 0 Å². The lowest BCUT2D eigenvalue weighted by molar-refractivity contribution is 0.0683. The van der Waals surface area contributed by atoms with Crippen LogP contribution in [0.3, 0.4) is 0 Å². The number of carbonyl (C=O) groups excluding carboxylic acids is 2. The number of ketones is 1. The number of aromatic carboxylic acids is 2. The van der Waals surface area contributed by atoms with Crippen molar-refractivity contribution in [2.75, 3.05) is 33.7 Å². The minimum Gasteiger partial charge on any atom is -0.478 e. The number of carbonyl (C=O) groups is 4. The Morgan fingerprint density at radius 2 is 0.723 bits per heavy atom. The molecule has 0 aromatic heterocycles. The Kier molecular flexibility index (Phi) is 29.1. The summed E-state index contributed by atoms with van der Waals surface area (Å²) in [5.41, 5.74) is 0.509. The zero-order chi connectivity index (χ0) is 36.7. The van der Waals surface area contributed by atoms with Gasteiger partial charge in [0.1, 0.15) is 9.84 Å². The van der Waals surface area contributed by atoms with Gasteiger partial charge in [0.05, 0.1) is 16.7 Å². The predicted octanol–water partition coefficient (Wildman–Crippen LogP) is 6.23. The lowest BCUT2D eigenvalue weighted by atomic mass is 10.1. The van der Waals surface area contributed by atoms with Gasteiger partial charge in [0.2, 0.25) is 0 Å². The van der Waals surface area contributed by atoms with Crippen LogP contribution in [0, 0.1) is 0 Å². The van der Waals surface area contributed by atoms with Gasteiger partial charge in [-0.1, -0.05) is 117 Å². The van der Waals surface area contributed by atoms with Crippen LogP contribution >= 0.6 is 0 Å². The number of Topliss-reactive ketones (excluding diaryl/α,β-unsaturated/α-hetero) is 1. The number of benzene rings is 4. The zero-order valence-corrected chi connectivity index (χ0v) is 29.1. The fraction of sp³-hybridized carbons (Fsp3) is 0.222. The van der Waals surface area contributed by atoms with E-state index in [1.807, 2.05) is 101 Å². The van der Waals surface area contributed by atoms with E-state index < -0.39 is 27.7 Å². The second-order valence-corrected chi connectivity index (χ2v) is 11.1. The third-order valence-electron chi connectivity index (χ3n) is 4.50. The van der Waals surface area contributed by atoms with Gasteiger partial charge in [-0.25, -0.2) is 18.0 Å². The lowest BCUT2D eigenvalue weighted by Gasteiger charge is -2.02. The maximum Gasteiger partial charge on any atom is 0.336 e. The molecule has 0 radical (unpaired) electrons. The zero-order valence-electron chi connectivity index (χ0n) is 28.3. The fourth-order valence-corrected chi connectivity index (χ4v) is 2.75. The fourth-order valence-electron chi connectivity index (χ4n) is 2.75. The maximum absolute atomic E-state index is 11.2. The van der Waals surface area contributed by atoms with E-state index in [0.29, 0.717) is 0 Å². The molecule has 0 aliphatic heterocycles. The first-order chi connectivity index (χ1) is 22.2. The molecule has 4 rings (SSSR count). The van der Waals surface area contributed by atoms with E-state index in [-0.39, 0.29) is 28.0 Å². The van der Waals surface area contributed by atoms with E-state index >= 15 is 0 Å². The molecule has 4 aromatic rings. The number of hydrogen-bond acceptors (Lipinski definition) is 7. The number of rotatable bonds is 4. The number of carboxylic acids is 2. The highest BCUT2D eigenvalue weighted by atomic mass is 32.2. The molecule has 0 atom stereocenters. The van der Waals surface area contributed by atoms with Crippen LogP contribution in [0.15, 0.2) is 121 Å². The summed E-state index contributed by atoms with van der Waals surface area (Å²) >= 11 is 0. The van der Waals surface area contributed by atoms with Crippen LogP contribution in [-0.2, 0) is 9.84 Å². The number of nitrogens with one attached hydrogen (secondary N) is 2. The number of carboxylic acid groups (broad SMARTS) is 2. The van der Waals surface area contributed by atoms with E-state index in [4.69, 9.17) is 10.2 Å². The van der Waals surface area contributed by atoms with Gasteiger partial charge in [-0.05, 0) is 39.2 Å². The van der Waals surface area contributed by atoms with E-state index in [9.17, 15) is 27.6 Å². The van der Waals surface area contributed by atoms with E-state index in [0.717, 1.165) is 12.5 Å². The predicted molar refractivity (Wildman–Crippen MR) is 190 cm³/mol. The average molecular weight is 669 g/mol. The third kappa shape index (κ3) is 28.1. The highest BCUT2D eigenvalue weighted by Gasteiger charge is 2.13. The van der Waals surface area contributed by atoms with Crippen molar-refractivity contribution in [1.82, 2.24) is 10.6 Å². The van der Waals surface area contributed by atoms with Crippen LogP contribution in [0.1, 0.15) is 62.2 Å². The molecule has 0 spiro atoms. The van der Waals surface area contributed by atoms with Crippen molar-refractivity contribution in [3.8, 4) is 0 Å². The van der Waals surface area contributed by atoms with Gasteiger partial charge in [0.25, 0.3) is 5.91 Å². The molecule has 0 unspecified atom stereocenters. The van der Waals surface area contributed by atoms with Gasteiger partial charge >= 0.3 is 11.9 Å². The van der Waals surface area contributed by atoms with Crippen LogP contribution in [-0.4, -0.2) is 75.9 Å². The van der Waals surface area contributed by atoms with Crippen LogP contribution in [0.5, 0.6) is 0 Å². The molecular weight excluding hydrogens is 620 g/mol. The lowest BCUT2D eigenvalue weighted by Crippen LogP contribution is -2.20. The monoisotopic (exact) mass is 668 g/mol. The normalized spacial score (nSPS) is 8.77. The standard InChI is InChI=1S/C9H9NO3.C9H8O3.2C6H6.C2H7N.C2H6O2S.C2H6/c1-10-8(11)6-4-2-3-5-7(6)9(12)13;1-6(10)7-4-2-3-5-8(7)9(11)12;2*1-2-4-6-5-3-1;1-3-2;1-5(2,3)4;1-2/h2-5H,1H3,(H,10,11)(H,12,13);2-5H,1H3,(H,11,12);2*1-6H;3H,1-2H3;1-2H3;1-2H3. The quantitative estimate of drug-likeness (QED) is 0.184. The molecule has 0 saturated heterocycles. The summed E-state index contributed by atoms with van der Waals surface area (Å²) in [5, 5.41) is 22.5. The van der Waals surface area contributed by atoms with Crippen molar-refractivity contribution in [2.24, 2.45) is 0 Å². The molecule has 0 bridgehead atoms. The Bertz CT molecular complexity index is 1390. The summed E-state index contributed by atoms with van der Waals surface area (Å²) < 4.78 is 19.3. The first-order valence-corrected chi connectivity index (χ1v) is 16.6. The van der Waals surface area contributed by atoms with Gasteiger partial charge in [-0.3, -0.25) is 9.59 Å². The topological polar surface area (TPSA) is 167 Å². The summed E-state index contributed by atoms with van der Waals surface area (Å²) in [6.07, 6.45) is 2.32. The smallest absolute Gasteiger partial charge is 0.336 e. The van der Waals surface area contributed by atoms with Gasteiger partial charge in [-0.2, -0.15) is 0 Å². The molecule has 47 heavy (non-hydrogen) atoms. The molecule has 256 valence electrons. The Labute approximate surface area is 279 Å². The SMILES string of the molecule is CC.CC(=O)c1ccccc1C(=O)O.CNC.CNC(=O)c1ccccc1C(=O)O.CS(C)(=O)=O.c1ccccc1.c1ccccc1. The van der Waals surface area contributed by atoms with Crippen LogP contribution in [0.2, 0.25) is 0 Å². The summed E-state index contributed by atoms with van der Waals surface area (Å²) in [5.74, 6) is -2.79. The first-order valence-electron chi connectivity index (χ1n) is 14.3. The second-order valence-electron chi connectivity index (χ2n) is 8.79. The molecule has 11 heteroatoms. The van der Waals surface area contributed by atoms with Crippen molar-refractivity contribution in [3.05, 3.63) is 144 Å². The largest absolute Gasteiger partial charge is 0.478 e. The number of sulfone groups is 1. The van der Waals surface area contributed by atoms with Gasteiger partial charge in [0.15, 0.2) is 5.78 Å². The van der Waals surface area contributed by atoms with Crippen molar-refractivity contribution in [3.63, 3.8) is 0 Å². The number of amides is 1. The highest BCUT2D eigenvalue weighted by molar-refractivity contribution is 7.89. The Hall–Kier alpha value is -5.13. The molecule has 4 N–H and O–H groups in total. The summed E-state index contributed by atoms with van der Waals surface area (Å²) in [6, 6.07) is 36.2. The van der Waals surface area contributed by atoms with Gasteiger partial charge < -0.3 is 20.8 Å². The number of hydrogen-bond donors (Lipinski definition) is 4. The van der Waals surface area contributed by atoms with Crippen molar-refractivity contribution in [2.45, 2.75) is 20.8 Å². The molecule has 0 saturated carbocycles. The van der Waals surface area contributed by atoms with Crippen LogP contribution < -0.4 is 10.6 Å². The molecule has 4 aromatic carbocycles. The summed E-state index contributed by atoms with van der Waals surface area (Å²) in [4.78, 5) is 43.3. The Morgan fingerprint density at radius 1 is 0.511 bits per heavy atom. The second kappa shape index (κ2) is 29.6.